The molecular weight excluding hydrogens is 380 g/mol. The summed E-state index contributed by atoms with van der Waals surface area (Å²) in [7, 11) is 0. The van der Waals surface area contributed by atoms with E-state index in [1.807, 2.05) is 0 Å². The number of piperidine rings is 1. The summed E-state index contributed by atoms with van der Waals surface area (Å²) in [5.74, 6) is -0.383. The van der Waals surface area contributed by atoms with Gasteiger partial charge in [-0.15, -0.1) is 0 Å². The Kier molecular flexibility index (Phi) is 6.31. The number of nitrogens with one attached hydrogen (secondary N) is 1. The van der Waals surface area contributed by atoms with E-state index in [9.17, 15) is 14.4 Å². The summed E-state index contributed by atoms with van der Waals surface area (Å²) in [5.41, 5.74) is 0.994. The van der Waals surface area contributed by atoms with E-state index < -0.39 is 5.97 Å². The number of ether oxygens (including phenoxy) is 1. The zero-order chi connectivity index (χ0) is 20.1. The SMILES string of the molecule is CC(=O)Oc1cccc(C(=O)NC2CCN(C(=O)c3cccc(Cl)c3)CC2)c1. The van der Waals surface area contributed by atoms with Crippen molar-refractivity contribution in [1.29, 1.82) is 0 Å². The summed E-state index contributed by atoms with van der Waals surface area (Å²) in [4.78, 5) is 37.9. The van der Waals surface area contributed by atoms with E-state index in [-0.39, 0.29) is 17.9 Å². The van der Waals surface area contributed by atoms with Crippen LogP contribution in [0.25, 0.3) is 0 Å². The molecule has 146 valence electrons. The zero-order valence-corrected chi connectivity index (χ0v) is 16.2. The van der Waals surface area contributed by atoms with E-state index in [2.05, 4.69) is 5.32 Å². The molecule has 2 amide bonds. The number of likely N-dealkylation sites (tertiary alicyclic amines) is 1. The zero-order valence-electron chi connectivity index (χ0n) is 15.5. The van der Waals surface area contributed by atoms with Crippen LogP contribution in [0.1, 0.15) is 40.5 Å². The third-order valence-electron chi connectivity index (χ3n) is 4.55. The monoisotopic (exact) mass is 400 g/mol. The lowest BCUT2D eigenvalue weighted by atomic mass is 10.0. The molecule has 7 heteroatoms. The number of amides is 2. The van der Waals surface area contributed by atoms with Crippen molar-refractivity contribution in [2.24, 2.45) is 0 Å². The van der Waals surface area contributed by atoms with Gasteiger partial charge in [0, 0.05) is 42.2 Å². The quantitative estimate of drug-likeness (QED) is 0.631. The Hall–Kier alpha value is -2.86. The predicted octanol–water partition coefficient (Wildman–Crippen LogP) is 3.30. The summed E-state index contributed by atoms with van der Waals surface area (Å²) in [6, 6.07) is 13.4. The molecule has 1 heterocycles. The van der Waals surface area contributed by atoms with Crippen LogP contribution in [-0.4, -0.2) is 41.8 Å². The lowest BCUT2D eigenvalue weighted by Crippen LogP contribution is -2.46. The maximum Gasteiger partial charge on any atom is 0.308 e. The number of rotatable bonds is 4. The van der Waals surface area contributed by atoms with Crippen molar-refractivity contribution in [3.05, 3.63) is 64.7 Å². The summed E-state index contributed by atoms with van der Waals surface area (Å²) in [6.07, 6.45) is 1.34. The van der Waals surface area contributed by atoms with Gasteiger partial charge in [-0.3, -0.25) is 14.4 Å². The molecule has 0 aromatic heterocycles. The molecule has 1 N–H and O–H groups in total. The third kappa shape index (κ3) is 5.10. The van der Waals surface area contributed by atoms with Gasteiger partial charge >= 0.3 is 5.97 Å². The van der Waals surface area contributed by atoms with Gasteiger partial charge in [-0.25, -0.2) is 0 Å². The van der Waals surface area contributed by atoms with Crippen molar-refractivity contribution in [3.63, 3.8) is 0 Å². The molecule has 0 saturated carbocycles. The molecule has 0 aliphatic carbocycles. The second-order valence-corrected chi connectivity index (χ2v) is 7.11. The fourth-order valence-corrected chi connectivity index (χ4v) is 3.36. The third-order valence-corrected chi connectivity index (χ3v) is 4.78. The van der Waals surface area contributed by atoms with Crippen LogP contribution in [-0.2, 0) is 4.79 Å². The number of hydrogen-bond donors (Lipinski definition) is 1. The molecule has 0 bridgehead atoms. The van der Waals surface area contributed by atoms with E-state index in [1.54, 1.807) is 47.4 Å². The highest BCUT2D eigenvalue weighted by Crippen LogP contribution is 2.18. The Balaban J connectivity index is 1.55. The van der Waals surface area contributed by atoms with Crippen LogP contribution < -0.4 is 10.1 Å². The number of benzene rings is 2. The molecule has 28 heavy (non-hydrogen) atoms. The van der Waals surface area contributed by atoms with Gasteiger partial charge in [0.05, 0.1) is 0 Å². The van der Waals surface area contributed by atoms with Crippen molar-refractivity contribution in [3.8, 4) is 5.75 Å². The average molecular weight is 401 g/mol. The Bertz CT molecular complexity index is 891. The number of carbonyl (C=O) groups is 3. The van der Waals surface area contributed by atoms with Gasteiger partial charge in [-0.2, -0.15) is 0 Å². The highest BCUT2D eigenvalue weighted by atomic mass is 35.5. The minimum Gasteiger partial charge on any atom is -0.427 e. The molecule has 1 aliphatic heterocycles. The van der Waals surface area contributed by atoms with Crippen molar-refractivity contribution in [1.82, 2.24) is 10.2 Å². The molecule has 0 atom stereocenters. The first-order chi connectivity index (χ1) is 13.4. The molecule has 0 unspecified atom stereocenters. The molecule has 1 aliphatic rings. The van der Waals surface area contributed by atoms with Gasteiger partial charge in [0.15, 0.2) is 0 Å². The fourth-order valence-electron chi connectivity index (χ4n) is 3.17. The summed E-state index contributed by atoms with van der Waals surface area (Å²) in [5, 5.41) is 3.52. The second kappa shape index (κ2) is 8.89. The van der Waals surface area contributed by atoms with E-state index >= 15 is 0 Å². The first-order valence-electron chi connectivity index (χ1n) is 9.06. The van der Waals surface area contributed by atoms with Crippen LogP contribution in [0.4, 0.5) is 0 Å². The highest BCUT2D eigenvalue weighted by molar-refractivity contribution is 6.30. The molecule has 3 rings (SSSR count). The van der Waals surface area contributed by atoms with Crippen LogP contribution in [0.5, 0.6) is 5.75 Å². The topological polar surface area (TPSA) is 75.7 Å². The van der Waals surface area contributed by atoms with Crippen LogP contribution in [0.15, 0.2) is 48.5 Å². The number of hydrogen-bond acceptors (Lipinski definition) is 4. The van der Waals surface area contributed by atoms with Crippen molar-refractivity contribution >= 4 is 29.4 Å². The number of halogens is 1. The fraction of sp³-hybridized carbons (Fsp3) is 0.286. The Morgan fingerprint density at radius 2 is 1.71 bits per heavy atom. The summed E-state index contributed by atoms with van der Waals surface area (Å²) >= 11 is 5.96. The largest absolute Gasteiger partial charge is 0.427 e. The maximum absolute atomic E-state index is 12.6. The van der Waals surface area contributed by atoms with Gasteiger partial charge in [-0.05, 0) is 49.2 Å². The van der Waals surface area contributed by atoms with Crippen LogP contribution in [0, 0.1) is 0 Å². The van der Waals surface area contributed by atoms with E-state index in [1.165, 1.54) is 13.0 Å². The van der Waals surface area contributed by atoms with Crippen LogP contribution in [0.2, 0.25) is 5.02 Å². The first-order valence-corrected chi connectivity index (χ1v) is 9.44. The lowest BCUT2D eigenvalue weighted by molar-refractivity contribution is -0.131. The maximum atomic E-state index is 12.6. The molecular formula is C21H21ClN2O4. The number of esters is 1. The standard InChI is InChI=1S/C21H21ClN2O4/c1-14(25)28-19-7-3-4-15(13-19)20(26)23-18-8-10-24(11-9-18)21(27)16-5-2-6-17(22)12-16/h2-7,12-13,18H,8-11H2,1H3,(H,23,26). The van der Waals surface area contributed by atoms with Gasteiger partial charge in [0.25, 0.3) is 11.8 Å². The van der Waals surface area contributed by atoms with Gasteiger partial charge < -0.3 is 15.0 Å². The van der Waals surface area contributed by atoms with Gasteiger partial charge in [-0.1, -0.05) is 23.7 Å². The second-order valence-electron chi connectivity index (χ2n) is 6.67. The van der Waals surface area contributed by atoms with Crippen molar-refractivity contribution in [2.75, 3.05) is 13.1 Å². The molecule has 6 nitrogen and oxygen atoms in total. The van der Waals surface area contributed by atoms with Crippen LogP contribution >= 0.6 is 11.6 Å². The summed E-state index contributed by atoms with van der Waals surface area (Å²) in [6.45, 7) is 2.43. The van der Waals surface area contributed by atoms with Crippen LogP contribution in [0.3, 0.4) is 0 Å². The molecule has 1 fully saturated rings. The lowest BCUT2D eigenvalue weighted by Gasteiger charge is -2.32. The highest BCUT2D eigenvalue weighted by Gasteiger charge is 2.25. The van der Waals surface area contributed by atoms with E-state index in [4.69, 9.17) is 16.3 Å². The number of nitrogens with zero attached hydrogens (tertiary/aromatic N) is 1. The Morgan fingerprint density at radius 3 is 2.39 bits per heavy atom. The average Bonchev–Trinajstić information content (AvgIpc) is 2.68. The smallest absolute Gasteiger partial charge is 0.308 e. The van der Waals surface area contributed by atoms with Crippen molar-refractivity contribution in [2.45, 2.75) is 25.8 Å². The number of carbonyl (C=O) groups excluding carboxylic acids is 3. The minimum absolute atomic E-state index is 0.0201. The predicted molar refractivity (Wildman–Crippen MR) is 106 cm³/mol. The minimum atomic E-state index is -0.436. The Morgan fingerprint density at radius 1 is 1.04 bits per heavy atom. The molecule has 2 aromatic rings. The van der Waals surface area contributed by atoms with Crippen molar-refractivity contribution < 1.29 is 19.1 Å². The van der Waals surface area contributed by atoms with Gasteiger partial charge in [0.2, 0.25) is 0 Å². The van der Waals surface area contributed by atoms with Gasteiger partial charge in [0.1, 0.15) is 5.75 Å². The Labute approximate surface area is 168 Å². The molecule has 0 radical (unpaired) electrons. The molecule has 2 aromatic carbocycles. The summed E-state index contributed by atoms with van der Waals surface area (Å²) < 4.78 is 5.01. The normalized spacial score (nSPS) is 14.4. The van der Waals surface area contributed by atoms with E-state index in [0.29, 0.717) is 47.8 Å². The first kappa shape index (κ1) is 19.9. The van der Waals surface area contributed by atoms with E-state index in [0.717, 1.165) is 0 Å². The molecule has 1 saturated heterocycles. The molecule has 0 spiro atoms.